The average molecular weight is 372 g/mol. The molecule has 27 heavy (non-hydrogen) atoms. The summed E-state index contributed by atoms with van der Waals surface area (Å²) in [6.07, 6.45) is 5.50. The third kappa shape index (κ3) is 3.62. The van der Waals surface area contributed by atoms with Crippen molar-refractivity contribution in [2.75, 3.05) is 26.3 Å². The third-order valence-electron chi connectivity index (χ3n) is 5.46. The lowest BCUT2D eigenvalue weighted by Gasteiger charge is -2.32. The number of carbonyl (C=O) groups is 2. The molecule has 0 radical (unpaired) electrons. The van der Waals surface area contributed by atoms with Crippen molar-refractivity contribution in [2.24, 2.45) is 0 Å². The number of hydrogen-bond donors (Lipinski definition) is 2. The van der Waals surface area contributed by atoms with Gasteiger partial charge in [-0.3, -0.25) is 14.7 Å². The Morgan fingerprint density at radius 3 is 2.74 bits per heavy atom. The van der Waals surface area contributed by atoms with E-state index in [0.29, 0.717) is 36.6 Å². The van der Waals surface area contributed by atoms with Gasteiger partial charge in [0, 0.05) is 31.7 Å². The van der Waals surface area contributed by atoms with Crippen LogP contribution < -0.4 is 5.32 Å². The molecule has 0 aliphatic carbocycles. The molecule has 0 aromatic carbocycles. The fourth-order valence-corrected chi connectivity index (χ4v) is 3.82. The molecule has 2 fully saturated rings. The van der Waals surface area contributed by atoms with E-state index in [0.717, 1.165) is 31.6 Å². The van der Waals surface area contributed by atoms with Gasteiger partial charge in [0.2, 0.25) is 0 Å². The molecule has 2 aliphatic rings. The molecule has 1 unspecified atom stereocenters. The van der Waals surface area contributed by atoms with Crippen LogP contribution in [0, 0.1) is 6.92 Å². The summed E-state index contributed by atoms with van der Waals surface area (Å²) < 4.78 is 10.6. The van der Waals surface area contributed by atoms with Crippen LogP contribution in [0.25, 0.3) is 0 Å². The quantitative estimate of drug-likeness (QED) is 0.853. The number of furan rings is 1. The average Bonchev–Trinajstić information content (AvgIpc) is 3.42. The summed E-state index contributed by atoms with van der Waals surface area (Å²) in [5.41, 5.74) is 2.08. The minimum atomic E-state index is -0.121. The smallest absolute Gasteiger partial charge is 0.257 e. The molecule has 2 aromatic heterocycles. The van der Waals surface area contributed by atoms with Crippen molar-refractivity contribution in [3.63, 3.8) is 0 Å². The first kappa shape index (κ1) is 17.8. The van der Waals surface area contributed by atoms with Gasteiger partial charge < -0.3 is 19.4 Å². The third-order valence-corrected chi connectivity index (χ3v) is 5.46. The summed E-state index contributed by atoms with van der Waals surface area (Å²) in [4.78, 5) is 27.1. The Morgan fingerprint density at radius 2 is 2.07 bits per heavy atom. The Labute approximate surface area is 157 Å². The number of nitrogens with zero attached hydrogens (tertiary/aromatic N) is 2. The zero-order chi connectivity index (χ0) is 18.8. The highest BCUT2D eigenvalue weighted by atomic mass is 16.5. The Kier molecular flexibility index (Phi) is 4.98. The van der Waals surface area contributed by atoms with Crippen molar-refractivity contribution < 1.29 is 18.7 Å². The Balaban J connectivity index is 1.34. The van der Waals surface area contributed by atoms with Crippen molar-refractivity contribution in [3.05, 3.63) is 41.1 Å². The maximum atomic E-state index is 12.9. The molecule has 8 nitrogen and oxygen atoms in total. The molecular formula is C19H24N4O4. The zero-order valence-corrected chi connectivity index (χ0v) is 15.4. The van der Waals surface area contributed by atoms with Gasteiger partial charge in [-0.25, -0.2) is 0 Å². The largest absolute Gasteiger partial charge is 0.469 e. The molecule has 8 heteroatoms. The first-order valence-corrected chi connectivity index (χ1v) is 9.38. The molecule has 2 N–H and O–H groups in total. The number of ether oxygens (including phenoxy) is 1. The highest BCUT2D eigenvalue weighted by Crippen LogP contribution is 2.27. The lowest BCUT2D eigenvalue weighted by atomic mass is 9.99. The fourth-order valence-electron chi connectivity index (χ4n) is 3.82. The minimum Gasteiger partial charge on any atom is -0.469 e. The number of aromatic amines is 1. The predicted octanol–water partition coefficient (Wildman–Crippen LogP) is 1.85. The zero-order valence-electron chi connectivity index (χ0n) is 15.4. The van der Waals surface area contributed by atoms with Crippen LogP contribution in [0.3, 0.4) is 0 Å². The SMILES string of the molecule is Cc1occc1C(=O)NC1CCN(C(=O)c2cn[nH]c2C2CCOC2)CC1. The van der Waals surface area contributed by atoms with Crippen LogP contribution in [0.15, 0.2) is 22.9 Å². The molecule has 0 spiro atoms. The summed E-state index contributed by atoms with van der Waals surface area (Å²) in [6, 6.07) is 1.74. The lowest BCUT2D eigenvalue weighted by molar-refractivity contribution is 0.0696. The van der Waals surface area contributed by atoms with Crippen LogP contribution in [0.2, 0.25) is 0 Å². The first-order chi connectivity index (χ1) is 13.1. The number of rotatable bonds is 4. The van der Waals surface area contributed by atoms with Crippen LogP contribution in [0.1, 0.15) is 57.4 Å². The van der Waals surface area contributed by atoms with Gasteiger partial charge in [0.05, 0.1) is 35.9 Å². The Bertz CT molecular complexity index is 813. The van der Waals surface area contributed by atoms with E-state index in [2.05, 4.69) is 15.5 Å². The maximum absolute atomic E-state index is 12.9. The molecule has 4 heterocycles. The van der Waals surface area contributed by atoms with E-state index in [-0.39, 0.29) is 23.8 Å². The van der Waals surface area contributed by atoms with Gasteiger partial charge in [-0.05, 0) is 32.3 Å². The summed E-state index contributed by atoms with van der Waals surface area (Å²) in [5.74, 6) is 0.704. The van der Waals surface area contributed by atoms with Gasteiger partial charge >= 0.3 is 0 Å². The number of H-pyrrole nitrogens is 1. The summed E-state index contributed by atoms with van der Waals surface area (Å²) >= 11 is 0. The van der Waals surface area contributed by atoms with E-state index in [1.165, 1.54) is 6.26 Å². The number of aromatic nitrogens is 2. The first-order valence-electron chi connectivity index (χ1n) is 9.38. The van der Waals surface area contributed by atoms with E-state index in [1.54, 1.807) is 19.2 Å². The number of carbonyl (C=O) groups excluding carboxylic acids is 2. The second kappa shape index (κ2) is 7.56. The van der Waals surface area contributed by atoms with Crippen molar-refractivity contribution >= 4 is 11.8 Å². The van der Waals surface area contributed by atoms with E-state index in [1.807, 2.05) is 4.90 Å². The highest BCUT2D eigenvalue weighted by molar-refractivity contribution is 5.96. The molecule has 2 amide bonds. The number of likely N-dealkylation sites (tertiary alicyclic amines) is 1. The van der Waals surface area contributed by atoms with Crippen LogP contribution in [-0.4, -0.2) is 59.3 Å². The Hall–Kier alpha value is -2.61. The van der Waals surface area contributed by atoms with Gasteiger partial charge in [0.1, 0.15) is 5.76 Å². The number of amides is 2. The monoisotopic (exact) mass is 372 g/mol. The molecular weight excluding hydrogens is 348 g/mol. The molecule has 2 aliphatic heterocycles. The number of hydrogen-bond acceptors (Lipinski definition) is 5. The van der Waals surface area contributed by atoms with Crippen molar-refractivity contribution in [1.29, 1.82) is 0 Å². The maximum Gasteiger partial charge on any atom is 0.257 e. The van der Waals surface area contributed by atoms with Crippen LogP contribution in [0.5, 0.6) is 0 Å². The predicted molar refractivity (Wildman–Crippen MR) is 96.6 cm³/mol. The van der Waals surface area contributed by atoms with Crippen molar-refractivity contribution in [2.45, 2.75) is 38.1 Å². The van der Waals surface area contributed by atoms with Gasteiger partial charge in [-0.1, -0.05) is 0 Å². The van der Waals surface area contributed by atoms with Gasteiger partial charge in [0.25, 0.3) is 11.8 Å². The Morgan fingerprint density at radius 1 is 1.26 bits per heavy atom. The number of nitrogens with one attached hydrogen (secondary N) is 2. The van der Waals surface area contributed by atoms with E-state index in [4.69, 9.17) is 9.15 Å². The summed E-state index contributed by atoms with van der Waals surface area (Å²) in [6.45, 7) is 4.34. The standard InChI is InChI=1S/C19H24N4O4/c1-12-15(5-9-27-12)18(24)21-14-2-6-23(7-3-14)19(25)16-10-20-22-17(16)13-4-8-26-11-13/h5,9-10,13-14H,2-4,6-8,11H2,1H3,(H,20,22)(H,21,24). The molecule has 0 bridgehead atoms. The molecule has 2 saturated heterocycles. The van der Waals surface area contributed by atoms with Crippen molar-refractivity contribution in [1.82, 2.24) is 20.4 Å². The fraction of sp³-hybridized carbons (Fsp3) is 0.526. The molecule has 144 valence electrons. The van der Waals surface area contributed by atoms with Gasteiger partial charge in [-0.2, -0.15) is 5.10 Å². The van der Waals surface area contributed by atoms with Crippen LogP contribution >= 0.6 is 0 Å². The van der Waals surface area contributed by atoms with Crippen LogP contribution in [0.4, 0.5) is 0 Å². The topological polar surface area (TPSA) is 100 Å². The van der Waals surface area contributed by atoms with E-state index < -0.39 is 0 Å². The second-order valence-electron chi connectivity index (χ2n) is 7.19. The molecule has 4 rings (SSSR count). The lowest BCUT2D eigenvalue weighted by Crippen LogP contribution is -2.46. The van der Waals surface area contributed by atoms with E-state index in [9.17, 15) is 9.59 Å². The normalized spacial score (nSPS) is 20.8. The van der Waals surface area contributed by atoms with Crippen molar-refractivity contribution in [3.8, 4) is 0 Å². The van der Waals surface area contributed by atoms with E-state index >= 15 is 0 Å². The summed E-state index contributed by atoms with van der Waals surface area (Å²) in [5, 5.41) is 10.1. The van der Waals surface area contributed by atoms with Crippen LogP contribution in [-0.2, 0) is 4.74 Å². The highest BCUT2D eigenvalue weighted by Gasteiger charge is 2.30. The molecule has 1 atom stereocenters. The number of aryl methyl sites for hydroxylation is 1. The molecule has 2 aromatic rings. The molecule has 0 saturated carbocycles. The minimum absolute atomic E-state index is 0.00102. The van der Waals surface area contributed by atoms with Gasteiger partial charge in [0.15, 0.2) is 0 Å². The summed E-state index contributed by atoms with van der Waals surface area (Å²) in [7, 11) is 0. The van der Waals surface area contributed by atoms with Gasteiger partial charge in [-0.15, -0.1) is 0 Å². The second-order valence-corrected chi connectivity index (χ2v) is 7.19. The number of piperidine rings is 1.